The fourth-order valence-electron chi connectivity index (χ4n) is 1.70. The zero-order valence-electron chi connectivity index (χ0n) is 13.9. The molecule has 0 amide bonds. The van der Waals surface area contributed by atoms with Crippen LogP contribution in [0.5, 0.6) is 0 Å². The Labute approximate surface area is 128 Å². The minimum absolute atomic E-state index is 0.165. The minimum atomic E-state index is -0.251. The molecular formula is C16H28N4O. The van der Waals surface area contributed by atoms with Crippen LogP contribution in [-0.4, -0.2) is 24.7 Å². The summed E-state index contributed by atoms with van der Waals surface area (Å²) in [6.45, 7) is 9.67. The van der Waals surface area contributed by atoms with E-state index in [2.05, 4.69) is 15.6 Å². The van der Waals surface area contributed by atoms with Gasteiger partial charge in [-0.05, 0) is 25.5 Å². The highest BCUT2D eigenvalue weighted by molar-refractivity contribution is 5.97. The summed E-state index contributed by atoms with van der Waals surface area (Å²) < 4.78 is 0. The summed E-state index contributed by atoms with van der Waals surface area (Å²) in [6, 6.07) is -0.251. The number of nitrogens with zero attached hydrogens (tertiary/aromatic N) is 1. The Bertz CT molecular complexity index is 473. The predicted octanol–water partition coefficient (Wildman–Crippen LogP) is 2.23. The molecule has 1 aliphatic heterocycles. The van der Waals surface area contributed by atoms with Crippen LogP contribution < -0.4 is 16.4 Å². The smallest absolute Gasteiger partial charge is 0.158 e. The molecule has 0 spiro atoms. The molecule has 0 aromatic rings. The van der Waals surface area contributed by atoms with Crippen molar-refractivity contribution in [3.8, 4) is 0 Å². The third kappa shape index (κ3) is 5.85. The Kier molecular flexibility index (Phi) is 8.85. The predicted molar refractivity (Wildman–Crippen MR) is 89.8 cm³/mol. The highest BCUT2D eigenvalue weighted by atomic mass is 16.1. The summed E-state index contributed by atoms with van der Waals surface area (Å²) in [5, 5.41) is 5.95. The van der Waals surface area contributed by atoms with Gasteiger partial charge in [-0.25, -0.2) is 4.99 Å². The van der Waals surface area contributed by atoms with Gasteiger partial charge in [-0.1, -0.05) is 20.8 Å². The Morgan fingerprint density at radius 3 is 2.62 bits per heavy atom. The van der Waals surface area contributed by atoms with Gasteiger partial charge in [0.2, 0.25) is 0 Å². The number of nitrogens with two attached hydrogens (primary N) is 1. The number of ketones is 1. The number of allylic oxidation sites excluding steroid dienone is 1. The first-order valence-electron chi connectivity index (χ1n) is 7.35. The van der Waals surface area contributed by atoms with Crippen molar-refractivity contribution in [1.29, 1.82) is 0 Å². The van der Waals surface area contributed by atoms with Crippen LogP contribution in [0.3, 0.4) is 0 Å². The second kappa shape index (κ2) is 9.80. The van der Waals surface area contributed by atoms with Crippen molar-refractivity contribution >= 4 is 11.6 Å². The van der Waals surface area contributed by atoms with Crippen LogP contribution in [0.1, 0.15) is 41.0 Å². The molecule has 1 aliphatic rings. The van der Waals surface area contributed by atoms with Gasteiger partial charge in [0.25, 0.3) is 0 Å². The van der Waals surface area contributed by atoms with Gasteiger partial charge in [-0.2, -0.15) is 0 Å². The van der Waals surface area contributed by atoms with Gasteiger partial charge >= 0.3 is 0 Å². The average Bonchev–Trinajstić information content (AvgIpc) is 2.50. The van der Waals surface area contributed by atoms with Crippen molar-refractivity contribution in [2.75, 3.05) is 7.05 Å². The lowest BCUT2D eigenvalue weighted by Crippen LogP contribution is -2.33. The van der Waals surface area contributed by atoms with Crippen LogP contribution in [0.15, 0.2) is 40.3 Å². The van der Waals surface area contributed by atoms with Crippen LogP contribution >= 0.6 is 0 Å². The average molecular weight is 292 g/mol. The van der Waals surface area contributed by atoms with Crippen molar-refractivity contribution in [3.05, 3.63) is 35.3 Å². The Morgan fingerprint density at radius 2 is 2.14 bits per heavy atom. The number of amidine groups is 1. The lowest BCUT2D eigenvalue weighted by Gasteiger charge is -2.19. The highest BCUT2D eigenvalue weighted by Gasteiger charge is 2.17. The zero-order chi connectivity index (χ0) is 16.4. The fraction of sp³-hybridized carbons (Fsp3) is 0.500. The molecule has 1 unspecified atom stereocenters. The molecule has 118 valence electrons. The summed E-state index contributed by atoms with van der Waals surface area (Å²) in [5.41, 5.74) is 8.46. The van der Waals surface area contributed by atoms with Gasteiger partial charge in [-0.15, -0.1) is 0 Å². The summed E-state index contributed by atoms with van der Waals surface area (Å²) in [6.07, 6.45) is 5.93. The van der Waals surface area contributed by atoms with Crippen LogP contribution in [-0.2, 0) is 4.79 Å². The summed E-state index contributed by atoms with van der Waals surface area (Å²) >= 11 is 0. The van der Waals surface area contributed by atoms with Gasteiger partial charge in [0.15, 0.2) is 5.78 Å². The molecule has 0 radical (unpaired) electrons. The lowest BCUT2D eigenvalue weighted by atomic mass is 10.0. The van der Waals surface area contributed by atoms with E-state index in [1.54, 1.807) is 12.4 Å². The van der Waals surface area contributed by atoms with Gasteiger partial charge in [-0.3, -0.25) is 4.79 Å². The monoisotopic (exact) mass is 292 g/mol. The van der Waals surface area contributed by atoms with E-state index >= 15 is 0 Å². The second-order valence-electron chi connectivity index (χ2n) is 4.46. The Balaban J connectivity index is 0.00000191. The molecule has 4 N–H and O–H groups in total. The number of nitrogens with one attached hydrogen (secondary N) is 2. The zero-order valence-corrected chi connectivity index (χ0v) is 13.9. The minimum Gasteiger partial charge on any atom is -0.394 e. The van der Waals surface area contributed by atoms with Crippen LogP contribution in [0.4, 0.5) is 0 Å². The molecular weight excluding hydrogens is 264 g/mol. The van der Waals surface area contributed by atoms with E-state index in [1.165, 1.54) is 0 Å². The number of carbonyl (C=O) groups is 1. The van der Waals surface area contributed by atoms with Crippen LogP contribution in [0.25, 0.3) is 0 Å². The molecule has 1 rings (SSSR count). The lowest BCUT2D eigenvalue weighted by molar-refractivity contribution is -0.119. The number of aliphatic imine (C=N–C) groups is 1. The number of carbonyl (C=O) groups excluding carboxylic acids is 1. The van der Waals surface area contributed by atoms with E-state index in [9.17, 15) is 4.79 Å². The van der Waals surface area contributed by atoms with Gasteiger partial charge in [0.1, 0.15) is 11.9 Å². The number of dihydropyridines is 1. The largest absolute Gasteiger partial charge is 0.394 e. The Morgan fingerprint density at radius 1 is 1.52 bits per heavy atom. The summed E-state index contributed by atoms with van der Waals surface area (Å²) in [7, 11) is 1.81. The van der Waals surface area contributed by atoms with Crippen LogP contribution in [0.2, 0.25) is 0 Å². The molecule has 5 nitrogen and oxygen atoms in total. The van der Waals surface area contributed by atoms with E-state index in [0.29, 0.717) is 12.3 Å². The first-order chi connectivity index (χ1) is 9.99. The number of hydrogen-bond acceptors (Lipinski definition) is 4. The van der Waals surface area contributed by atoms with E-state index in [1.807, 2.05) is 47.7 Å². The van der Waals surface area contributed by atoms with Crippen molar-refractivity contribution in [1.82, 2.24) is 10.6 Å². The maximum Gasteiger partial charge on any atom is 0.158 e. The van der Waals surface area contributed by atoms with Crippen molar-refractivity contribution in [2.24, 2.45) is 10.7 Å². The molecule has 0 bridgehead atoms. The molecule has 1 atom stereocenters. The van der Waals surface area contributed by atoms with Crippen molar-refractivity contribution in [2.45, 2.75) is 47.1 Å². The number of rotatable bonds is 5. The molecule has 0 aromatic heterocycles. The highest BCUT2D eigenvalue weighted by Crippen LogP contribution is 2.16. The quantitative estimate of drug-likeness (QED) is 0.536. The first kappa shape index (κ1) is 19.0. The number of hydrogen-bond donors (Lipinski definition) is 3. The molecule has 0 aromatic carbocycles. The molecule has 0 saturated heterocycles. The maximum absolute atomic E-state index is 11.6. The topological polar surface area (TPSA) is 79.5 Å². The van der Waals surface area contributed by atoms with Gasteiger partial charge in [0.05, 0.1) is 5.70 Å². The molecule has 0 fully saturated rings. The van der Waals surface area contributed by atoms with E-state index in [4.69, 9.17) is 5.73 Å². The van der Waals surface area contributed by atoms with E-state index < -0.39 is 0 Å². The van der Waals surface area contributed by atoms with Crippen molar-refractivity contribution < 1.29 is 4.79 Å². The SMILES string of the molecule is CC.CCC(=O)C1C=C(C)C(N=C(N)/C(C)=C\NC)=CN1. The first-order valence-corrected chi connectivity index (χ1v) is 7.35. The standard InChI is InChI=1S/C14H22N4O.C2H6/c1-5-13(19)11-6-9(2)12(8-17-11)18-14(15)10(3)7-16-4;1-2/h6-8,11,16-17H,5H2,1-4H3,(H2,15,18);1-2H3/b10-7-;. The summed E-state index contributed by atoms with van der Waals surface area (Å²) in [4.78, 5) is 16.0. The van der Waals surface area contributed by atoms with Gasteiger partial charge < -0.3 is 16.4 Å². The number of Topliss-reactive ketones (excluding diaryl/α,β-unsaturated/α-hetero) is 1. The molecule has 0 aliphatic carbocycles. The summed E-state index contributed by atoms with van der Waals surface area (Å²) in [5.74, 6) is 0.619. The third-order valence-corrected chi connectivity index (χ3v) is 2.92. The fourth-order valence-corrected chi connectivity index (χ4v) is 1.70. The molecule has 21 heavy (non-hydrogen) atoms. The Hall–Kier alpha value is -2.04. The van der Waals surface area contributed by atoms with Gasteiger partial charge in [0, 0.05) is 31.4 Å². The molecule has 0 saturated carbocycles. The molecule has 5 heteroatoms. The van der Waals surface area contributed by atoms with Crippen LogP contribution in [0, 0.1) is 0 Å². The second-order valence-corrected chi connectivity index (χ2v) is 4.46. The molecule has 1 heterocycles. The van der Waals surface area contributed by atoms with E-state index in [-0.39, 0.29) is 11.8 Å². The maximum atomic E-state index is 11.6. The third-order valence-electron chi connectivity index (χ3n) is 2.92. The van der Waals surface area contributed by atoms with E-state index in [0.717, 1.165) is 16.8 Å². The van der Waals surface area contributed by atoms with Crippen molar-refractivity contribution in [3.63, 3.8) is 0 Å². The normalized spacial score (nSPS) is 18.7.